The molecule has 0 aromatic heterocycles. The van der Waals surface area contributed by atoms with Gasteiger partial charge in [-0.1, -0.05) is 30.3 Å². The first-order chi connectivity index (χ1) is 5.38. The fraction of sp³-hybridized carbons (Fsp3) is 0.400. The Morgan fingerprint density at radius 3 is 2.17 bits per heavy atom. The van der Waals surface area contributed by atoms with Gasteiger partial charge < -0.3 is 5.73 Å². The minimum Gasteiger partial charge on any atom is -0.327 e. The average molecular weight is 184 g/mol. The molecule has 0 aliphatic heterocycles. The van der Waals surface area contributed by atoms with Gasteiger partial charge in [0, 0.05) is 6.04 Å². The third kappa shape index (κ3) is 1.62. The van der Waals surface area contributed by atoms with Gasteiger partial charge in [-0.15, -0.1) is 12.4 Å². The zero-order valence-electron chi connectivity index (χ0n) is 6.94. The minimum atomic E-state index is 0. The highest BCUT2D eigenvalue weighted by molar-refractivity contribution is 5.85. The van der Waals surface area contributed by atoms with Gasteiger partial charge >= 0.3 is 0 Å². The number of hydrogen-bond acceptors (Lipinski definition) is 1. The highest BCUT2D eigenvalue weighted by Gasteiger charge is 2.28. The SMILES string of the molecule is Cl.NC1CCC1c1ccccc1. The summed E-state index contributed by atoms with van der Waals surface area (Å²) in [4.78, 5) is 0. The summed E-state index contributed by atoms with van der Waals surface area (Å²) in [7, 11) is 0. The van der Waals surface area contributed by atoms with E-state index < -0.39 is 0 Å². The molecule has 1 aliphatic carbocycles. The quantitative estimate of drug-likeness (QED) is 0.711. The predicted molar refractivity (Wildman–Crippen MR) is 53.6 cm³/mol. The molecule has 1 aromatic rings. The fourth-order valence-corrected chi connectivity index (χ4v) is 1.64. The number of rotatable bonds is 1. The Balaban J connectivity index is 0.000000720. The van der Waals surface area contributed by atoms with Crippen LogP contribution in [0.25, 0.3) is 0 Å². The zero-order valence-corrected chi connectivity index (χ0v) is 7.76. The molecule has 2 rings (SSSR count). The topological polar surface area (TPSA) is 26.0 Å². The molecule has 0 bridgehead atoms. The Hall–Kier alpha value is -0.530. The lowest BCUT2D eigenvalue weighted by Gasteiger charge is -2.33. The van der Waals surface area contributed by atoms with Crippen molar-refractivity contribution in [2.75, 3.05) is 0 Å². The van der Waals surface area contributed by atoms with E-state index in [1.807, 2.05) is 6.07 Å². The Labute approximate surface area is 79.4 Å². The van der Waals surface area contributed by atoms with E-state index in [0.29, 0.717) is 12.0 Å². The molecule has 0 amide bonds. The monoisotopic (exact) mass is 183 g/mol. The van der Waals surface area contributed by atoms with Crippen molar-refractivity contribution in [3.05, 3.63) is 35.9 Å². The normalized spacial score (nSPS) is 27.1. The van der Waals surface area contributed by atoms with Gasteiger partial charge in [0.05, 0.1) is 0 Å². The van der Waals surface area contributed by atoms with Gasteiger partial charge in [0.15, 0.2) is 0 Å². The lowest BCUT2D eigenvalue weighted by atomic mass is 9.76. The Bertz CT molecular complexity index is 235. The van der Waals surface area contributed by atoms with Gasteiger partial charge in [-0.2, -0.15) is 0 Å². The van der Waals surface area contributed by atoms with Gasteiger partial charge in [0.25, 0.3) is 0 Å². The van der Waals surface area contributed by atoms with Crippen LogP contribution in [-0.2, 0) is 0 Å². The van der Waals surface area contributed by atoms with E-state index >= 15 is 0 Å². The third-order valence-corrected chi connectivity index (χ3v) is 2.56. The maximum Gasteiger partial charge on any atom is 0.0108 e. The highest BCUT2D eigenvalue weighted by Crippen LogP contribution is 2.34. The molecule has 2 unspecified atom stereocenters. The number of nitrogens with two attached hydrogens (primary N) is 1. The first kappa shape index (κ1) is 9.56. The summed E-state index contributed by atoms with van der Waals surface area (Å²) < 4.78 is 0. The second-order valence-electron chi connectivity index (χ2n) is 3.26. The Kier molecular flexibility index (Phi) is 3.12. The van der Waals surface area contributed by atoms with Gasteiger partial charge in [0.2, 0.25) is 0 Å². The van der Waals surface area contributed by atoms with Crippen LogP contribution in [0.2, 0.25) is 0 Å². The molecule has 0 saturated heterocycles. The Morgan fingerprint density at radius 2 is 1.75 bits per heavy atom. The van der Waals surface area contributed by atoms with Gasteiger partial charge in [-0.05, 0) is 24.3 Å². The van der Waals surface area contributed by atoms with Crippen molar-refractivity contribution < 1.29 is 0 Å². The number of hydrogen-bond donors (Lipinski definition) is 1. The lowest BCUT2D eigenvalue weighted by Crippen LogP contribution is -2.37. The molecular formula is C10H14ClN. The average Bonchev–Trinajstić information content (AvgIpc) is 2.04. The molecule has 1 nitrogen and oxygen atoms in total. The summed E-state index contributed by atoms with van der Waals surface area (Å²) in [5.74, 6) is 0.635. The second-order valence-corrected chi connectivity index (χ2v) is 3.26. The summed E-state index contributed by atoms with van der Waals surface area (Å²) in [5.41, 5.74) is 7.26. The van der Waals surface area contributed by atoms with E-state index in [4.69, 9.17) is 5.73 Å². The fourth-order valence-electron chi connectivity index (χ4n) is 1.64. The maximum atomic E-state index is 5.85. The standard InChI is InChI=1S/C10H13N.ClH/c11-10-7-6-9(10)8-4-2-1-3-5-8;/h1-5,9-10H,6-7,11H2;1H. The molecule has 12 heavy (non-hydrogen) atoms. The van der Waals surface area contributed by atoms with Crippen molar-refractivity contribution in [2.45, 2.75) is 24.8 Å². The van der Waals surface area contributed by atoms with E-state index in [2.05, 4.69) is 24.3 Å². The smallest absolute Gasteiger partial charge is 0.0108 e. The lowest BCUT2D eigenvalue weighted by molar-refractivity contribution is 0.347. The van der Waals surface area contributed by atoms with Crippen LogP contribution in [0.5, 0.6) is 0 Å². The van der Waals surface area contributed by atoms with Crippen molar-refractivity contribution >= 4 is 12.4 Å². The molecule has 2 atom stereocenters. The molecule has 0 radical (unpaired) electrons. The molecular weight excluding hydrogens is 170 g/mol. The summed E-state index contributed by atoms with van der Waals surface area (Å²) >= 11 is 0. The van der Waals surface area contributed by atoms with Crippen LogP contribution in [0.3, 0.4) is 0 Å². The maximum absolute atomic E-state index is 5.85. The van der Waals surface area contributed by atoms with E-state index in [0.717, 1.165) is 0 Å². The van der Waals surface area contributed by atoms with Crippen LogP contribution < -0.4 is 5.73 Å². The van der Waals surface area contributed by atoms with Gasteiger partial charge in [0.1, 0.15) is 0 Å². The van der Waals surface area contributed by atoms with Crippen LogP contribution in [0.1, 0.15) is 24.3 Å². The molecule has 1 aromatic carbocycles. The molecule has 2 N–H and O–H groups in total. The first-order valence-electron chi connectivity index (χ1n) is 4.18. The van der Waals surface area contributed by atoms with Crippen molar-refractivity contribution in [1.29, 1.82) is 0 Å². The molecule has 1 aliphatic rings. The van der Waals surface area contributed by atoms with Crippen LogP contribution in [0.15, 0.2) is 30.3 Å². The van der Waals surface area contributed by atoms with Crippen molar-refractivity contribution in [1.82, 2.24) is 0 Å². The van der Waals surface area contributed by atoms with Crippen molar-refractivity contribution in [3.63, 3.8) is 0 Å². The van der Waals surface area contributed by atoms with Crippen LogP contribution in [-0.4, -0.2) is 6.04 Å². The summed E-state index contributed by atoms with van der Waals surface area (Å²) in [6, 6.07) is 11.0. The highest BCUT2D eigenvalue weighted by atomic mass is 35.5. The van der Waals surface area contributed by atoms with Crippen LogP contribution in [0.4, 0.5) is 0 Å². The minimum absolute atomic E-state index is 0. The molecule has 2 heteroatoms. The summed E-state index contributed by atoms with van der Waals surface area (Å²) in [6.07, 6.45) is 2.46. The molecule has 0 heterocycles. The van der Waals surface area contributed by atoms with Crippen molar-refractivity contribution in [3.8, 4) is 0 Å². The molecule has 0 spiro atoms. The van der Waals surface area contributed by atoms with Gasteiger partial charge in [-0.25, -0.2) is 0 Å². The van der Waals surface area contributed by atoms with Crippen LogP contribution in [0, 0.1) is 0 Å². The van der Waals surface area contributed by atoms with E-state index in [9.17, 15) is 0 Å². The number of halogens is 1. The largest absolute Gasteiger partial charge is 0.327 e. The van der Waals surface area contributed by atoms with Crippen molar-refractivity contribution in [2.24, 2.45) is 5.73 Å². The molecule has 1 fully saturated rings. The van der Waals surface area contributed by atoms with E-state index in [-0.39, 0.29) is 12.4 Å². The second kappa shape index (κ2) is 3.92. The molecule has 1 saturated carbocycles. The number of benzene rings is 1. The van der Waals surface area contributed by atoms with Crippen LogP contribution >= 0.6 is 12.4 Å². The third-order valence-electron chi connectivity index (χ3n) is 2.56. The predicted octanol–water partition coefficient (Wildman–Crippen LogP) is 2.31. The molecule has 66 valence electrons. The zero-order chi connectivity index (χ0) is 7.68. The van der Waals surface area contributed by atoms with E-state index in [1.165, 1.54) is 18.4 Å². The first-order valence-corrected chi connectivity index (χ1v) is 4.18. The van der Waals surface area contributed by atoms with E-state index in [1.54, 1.807) is 0 Å². The summed E-state index contributed by atoms with van der Waals surface area (Å²) in [5, 5.41) is 0. The van der Waals surface area contributed by atoms with Gasteiger partial charge in [-0.3, -0.25) is 0 Å². The Morgan fingerprint density at radius 1 is 1.08 bits per heavy atom. The summed E-state index contributed by atoms with van der Waals surface area (Å²) in [6.45, 7) is 0.